The van der Waals surface area contributed by atoms with E-state index in [0.717, 1.165) is 50.1 Å². The maximum absolute atomic E-state index is 12.7. The minimum atomic E-state index is -0.0449. The molecule has 3 fully saturated rings. The summed E-state index contributed by atoms with van der Waals surface area (Å²) < 4.78 is 17.2. The van der Waals surface area contributed by atoms with Gasteiger partial charge in [0.2, 0.25) is 0 Å². The van der Waals surface area contributed by atoms with Gasteiger partial charge < -0.3 is 24.4 Å². The molecule has 2 amide bonds. The van der Waals surface area contributed by atoms with Crippen molar-refractivity contribution in [3.63, 3.8) is 0 Å². The molecule has 1 aromatic rings. The maximum atomic E-state index is 12.7. The normalized spacial score (nSPS) is 28.6. The lowest BCUT2D eigenvalue weighted by atomic mass is 10.1. The first-order valence-electron chi connectivity index (χ1n) is 9.33. The summed E-state index contributed by atoms with van der Waals surface area (Å²) in [5.74, 6) is 0.758. The van der Waals surface area contributed by atoms with Gasteiger partial charge in [-0.15, -0.1) is 0 Å². The fourth-order valence-electron chi connectivity index (χ4n) is 4.00. The first-order chi connectivity index (χ1) is 12.3. The smallest absolute Gasteiger partial charge is 0.322 e. The molecule has 136 valence electrons. The molecule has 3 aliphatic rings. The van der Waals surface area contributed by atoms with Crippen molar-refractivity contribution in [1.29, 1.82) is 0 Å². The number of anilines is 1. The molecule has 0 bridgehead atoms. The number of nitrogens with zero attached hydrogens (tertiary/aromatic N) is 1. The first-order valence-corrected chi connectivity index (χ1v) is 9.33. The van der Waals surface area contributed by atoms with E-state index in [1.165, 1.54) is 0 Å². The van der Waals surface area contributed by atoms with E-state index in [9.17, 15) is 4.79 Å². The van der Waals surface area contributed by atoms with Gasteiger partial charge >= 0.3 is 6.03 Å². The Hall–Kier alpha value is -1.79. The quantitative estimate of drug-likeness (QED) is 0.910. The van der Waals surface area contributed by atoms with Gasteiger partial charge in [0.05, 0.1) is 24.9 Å². The molecule has 3 unspecified atom stereocenters. The van der Waals surface area contributed by atoms with Crippen LogP contribution in [0.15, 0.2) is 24.3 Å². The highest BCUT2D eigenvalue weighted by atomic mass is 16.5. The van der Waals surface area contributed by atoms with E-state index in [1.54, 1.807) is 0 Å². The number of ether oxygens (including phenoxy) is 3. The lowest BCUT2D eigenvalue weighted by Gasteiger charge is -2.37. The lowest BCUT2D eigenvalue weighted by Crippen LogP contribution is -2.52. The fourth-order valence-corrected chi connectivity index (χ4v) is 4.00. The minimum absolute atomic E-state index is 0.0449. The second-order valence-corrected chi connectivity index (χ2v) is 7.00. The largest absolute Gasteiger partial charge is 0.491 e. The number of nitrogens with one attached hydrogen (secondary N) is 1. The molecular weight excluding hydrogens is 320 g/mol. The number of rotatable bonds is 4. The zero-order chi connectivity index (χ0) is 17.1. The molecule has 4 rings (SSSR count). The number of morpholine rings is 1. The van der Waals surface area contributed by atoms with Crippen molar-refractivity contribution < 1.29 is 19.0 Å². The summed E-state index contributed by atoms with van der Waals surface area (Å²) in [6.45, 7) is 2.66. The van der Waals surface area contributed by atoms with Crippen LogP contribution in [0.25, 0.3) is 0 Å². The van der Waals surface area contributed by atoms with Crippen LogP contribution in [0.2, 0.25) is 0 Å². The molecule has 1 N–H and O–H groups in total. The molecule has 1 saturated carbocycles. The third-order valence-electron chi connectivity index (χ3n) is 5.29. The predicted molar refractivity (Wildman–Crippen MR) is 94.0 cm³/mol. The van der Waals surface area contributed by atoms with Crippen molar-refractivity contribution in [3.05, 3.63) is 24.3 Å². The number of amides is 2. The average Bonchev–Trinajstić information content (AvgIpc) is 3.31. The lowest BCUT2D eigenvalue weighted by molar-refractivity contribution is -0.0362. The number of hydrogen-bond donors (Lipinski definition) is 1. The maximum Gasteiger partial charge on any atom is 0.322 e. The van der Waals surface area contributed by atoms with E-state index < -0.39 is 0 Å². The van der Waals surface area contributed by atoms with Crippen molar-refractivity contribution in [2.75, 3.05) is 31.7 Å². The van der Waals surface area contributed by atoms with E-state index in [1.807, 2.05) is 29.2 Å². The number of urea groups is 1. The molecule has 25 heavy (non-hydrogen) atoms. The molecule has 0 spiro atoms. The van der Waals surface area contributed by atoms with Crippen LogP contribution in [-0.4, -0.2) is 55.5 Å². The van der Waals surface area contributed by atoms with Crippen molar-refractivity contribution in [2.45, 2.75) is 50.4 Å². The Morgan fingerprint density at radius 2 is 2.16 bits per heavy atom. The summed E-state index contributed by atoms with van der Waals surface area (Å²) in [6.07, 6.45) is 5.77. The van der Waals surface area contributed by atoms with Gasteiger partial charge in [-0.3, -0.25) is 0 Å². The molecule has 1 aliphatic carbocycles. The van der Waals surface area contributed by atoms with Gasteiger partial charge in [-0.2, -0.15) is 0 Å². The summed E-state index contributed by atoms with van der Waals surface area (Å²) in [4.78, 5) is 14.6. The van der Waals surface area contributed by atoms with E-state index in [-0.39, 0.29) is 24.3 Å². The molecule has 3 atom stereocenters. The molecule has 0 aromatic heterocycles. The summed E-state index contributed by atoms with van der Waals surface area (Å²) in [6, 6.07) is 7.75. The summed E-state index contributed by atoms with van der Waals surface area (Å²) >= 11 is 0. The Balaban J connectivity index is 1.35. The van der Waals surface area contributed by atoms with Crippen molar-refractivity contribution in [2.24, 2.45) is 0 Å². The Morgan fingerprint density at radius 3 is 3.04 bits per heavy atom. The van der Waals surface area contributed by atoms with Gasteiger partial charge in [0.25, 0.3) is 0 Å². The number of carbonyl (C=O) groups excluding carboxylic acids is 1. The summed E-state index contributed by atoms with van der Waals surface area (Å²) in [5, 5.41) is 3.01. The second kappa shape index (κ2) is 7.62. The highest BCUT2D eigenvalue weighted by molar-refractivity contribution is 5.89. The van der Waals surface area contributed by atoms with Crippen LogP contribution in [0.1, 0.15) is 32.1 Å². The Labute approximate surface area is 148 Å². The van der Waals surface area contributed by atoms with E-state index in [4.69, 9.17) is 14.2 Å². The zero-order valence-corrected chi connectivity index (χ0v) is 14.5. The highest BCUT2D eigenvalue weighted by Crippen LogP contribution is 2.30. The van der Waals surface area contributed by atoms with Crippen molar-refractivity contribution >= 4 is 11.7 Å². The number of carbonyl (C=O) groups is 1. The van der Waals surface area contributed by atoms with Gasteiger partial charge in [-0.05, 0) is 44.2 Å². The molecule has 6 nitrogen and oxygen atoms in total. The Kier molecular flexibility index (Phi) is 5.08. The van der Waals surface area contributed by atoms with Crippen LogP contribution in [0.4, 0.5) is 10.5 Å². The van der Waals surface area contributed by atoms with Crippen LogP contribution >= 0.6 is 0 Å². The van der Waals surface area contributed by atoms with Crippen LogP contribution in [0.5, 0.6) is 5.75 Å². The predicted octanol–water partition coefficient (Wildman–Crippen LogP) is 3.03. The summed E-state index contributed by atoms with van der Waals surface area (Å²) in [5.41, 5.74) is 0.760. The summed E-state index contributed by atoms with van der Waals surface area (Å²) in [7, 11) is 0. The van der Waals surface area contributed by atoms with Crippen LogP contribution in [0, 0.1) is 0 Å². The monoisotopic (exact) mass is 346 g/mol. The van der Waals surface area contributed by atoms with E-state index in [2.05, 4.69) is 5.32 Å². The number of benzene rings is 1. The highest BCUT2D eigenvalue weighted by Gasteiger charge is 2.38. The molecular formula is C19H26N2O4. The van der Waals surface area contributed by atoms with Gasteiger partial charge in [0.15, 0.2) is 0 Å². The van der Waals surface area contributed by atoms with Crippen LogP contribution < -0.4 is 10.1 Å². The molecule has 2 saturated heterocycles. The molecule has 2 heterocycles. The average molecular weight is 346 g/mol. The van der Waals surface area contributed by atoms with Gasteiger partial charge in [0.1, 0.15) is 12.4 Å². The minimum Gasteiger partial charge on any atom is -0.491 e. The van der Waals surface area contributed by atoms with E-state index in [0.29, 0.717) is 19.8 Å². The van der Waals surface area contributed by atoms with Crippen molar-refractivity contribution in [3.8, 4) is 5.75 Å². The topological polar surface area (TPSA) is 60.0 Å². The SMILES string of the molecule is O=C(Nc1cccc(OCC2CCCO2)c1)N1CCOC2CCCC21. The molecule has 1 aromatic carbocycles. The first kappa shape index (κ1) is 16.7. The zero-order valence-electron chi connectivity index (χ0n) is 14.5. The third kappa shape index (κ3) is 3.90. The standard InChI is InChI=1S/C19H26N2O4/c22-19(21-9-11-24-18-8-2-7-17(18)21)20-14-4-1-5-15(12-14)25-13-16-6-3-10-23-16/h1,4-5,12,16-18H,2-3,6-11,13H2,(H,20,22). The van der Waals surface area contributed by atoms with Crippen LogP contribution in [0.3, 0.4) is 0 Å². The van der Waals surface area contributed by atoms with Gasteiger partial charge in [-0.1, -0.05) is 6.07 Å². The molecule has 0 radical (unpaired) electrons. The Bertz CT molecular complexity index is 603. The fraction of sp³-hybridized carbons (Fsp3) is 0.632. The Morgan fingerprint density at radius 1 is 1.20 bits per heavy atom. The molecule has 6 heteroatoms. The van der Waals surface area contributed by atoms with E-state index >= 15 is 0 Å². The third-order valence-corrected chi connectivity index (χ3v) is 5.29. The second-order valence-electron chi connectivity index (χ2n) is 7.00. The van der Waals surface area contributed by atoms with Gasteiger partial charge in [-0.25, -0.2) is 4.79 Å². The molecule has 2 aliphatic heterocycles. The van der Waals surface area contributed by atoms with Crippen LogP contribution in [-0.2, 0) is 9.47 Å². The number of hydrogen-bond acceptors (Lipinski definition) is 4. The van der Waals surface area contributed by atoms with Crippen molar-refractivity contribution in [1.82, 2.24) is 4.90 Å². The van der Waals surface area contributed by atoms with Gasteiger partial charge in [0, 0.05) is 24.9 Å². The number of fused-ring (bicyclic) bond motifs is 1.